The second-order valence-electron chi connectivity index (χ2n) is 3.68. The third-order valence-electron chi connectivity index (χ3n) is 2.32. The Morgan fingerprint density at radius 3 is 2.65 bits per heavy atom. The number of aromatic nitrogens is 2. The van der Waals surface area contributed by atoms with E-state index >= 15 is 0 Å². The van der Waals surface area contributed by atoms with Gasteiger partial charge in [-0.25, -0.2) is 9.13 Å². The van der Waals surface area contributed by atoms with Crippen LogP contribution in [0.1, 0.15) is 12.7 Å². The molecule has 1 heterocycles. The van der Waals surface area contributed by atoms with Crippen molar-refractivity contribution in [3.05, 3.63) is 18.2 Å². The highest BCUT2D eigenvalue weighted by Gasteiger charge is 2.13. The Hall–Kier alpha value is -0.780. The van der Waals surface area contributed by atoms with Crippen LogP contribution in [0.4, 0.5) is 0 Å². The summed E-state index contributed by atoms with van der Waals surface area (Å²) in [5.74, 6) is 0.918. The second-order valence-corrected chi connectivity index (χ2v) is 3.68. The van der Waals surface area contributed by atoms with Crippen LogP contribution >= 0.6 is 12.4 Å². The average Bonchev–Trinajstić information content (AvgIpc) is 2.58. The fourth-order valence-electron chi connectivity index (χ4n) is 1.44. The summed E-state index contributed by atoms with van der Waals surface area (Å²) in [4.78, 5) is 2.12. The zero-order valence-corrected chi connectivity index (χ0v) is 11.9. The van der Waals surface area contributed by atoms with Gasteiger partial charge >= 0.3 is 5.82 Å². The lowest BCUT2D eigenvalue weighted by Gasteiger charge is -2.07. The van der Waals surface area contributed by atoms with E-state index < -0.39 is 0 Å². The van der Waals surface area contributed by atoms with Crippen molar-refractivity contribution in [2.75, 3.05) is 20.6 Å². The van der Waals surface area contributed by atoms with Crippen LogP contribution in [0.2, 0.25) is 0 Å². The van der Waals surface area contributed by atoms with Crippen molar-refractivity contribution in [3.63, 3.8) is 0 Å². The standard InChI is InChI=1S/C10H18N4O.2ClH/c1-4-13-7-8-14(6-5-12(2)3)10(13)9-11-15;;/h7-9H,4-6H2,1-3H3;2*1H. The lowest BCUT2D eigenvalue weighted by Crippen LogP contribution is -3.00. The number of aryl methyl sites for hydroxylation is 1. The molecule has 1 aromatic rings. The molecule has 7 heteroatoms. The number of rotatable bonds is 5. The van der Waals surface area contributed by atoms with E-state index in [1.165, 1.54) is 6.21 Å². The molecule has 1 rings (SSSR count). The molecule has 0 saturated heterocycles. The van der Waals surface area contributed by atoms with Gasteiger partial charge in [0.15, 0.2) is 6.21 Å². The summed E-state index contributed by atoms with van der Waals surface area (Å²) in [5, 5.41) is 11.7. The maximum absolute atomic E-state index is 8.59. The Balaban J connectivity index is 0. The van der Waals surface area contributed by atoms with Gasteiger partial charge in [-0.2, -0.15) is 0 Å². The first-order valence-corrected chi connectivity index (χ1v) is 5.09. The number of likely N-dealkylation sites (N-methyl/N-ethyl adjacent to an activating group) is 1. The van der Waals surface area contributed by atoms with Crippen LogP contribution in [0.5, 0.6) is 0 Å². The highest BCUT2D eigenvalue weighted by molar-refractivity contribution is 5.85. The zero-order valence-electron chi connectivity index (χ0n) is 10.4. The highest BCUT2D eigenvalue weighted by Crippen LogP contribution is 1.92. The van der Waals surface area contributed by atoms with Crippen molar-refractivity contribution in [2.24, 2.45) is 5.16 Å². The molecular weight excluding hydrogens is 263 g/mol. The minimum Gasteiger partial charge on any atom is -1.00 e. The van der Waals surface area contributed by atoms with Gasteiger partial charge in [-0.1, -0.05) is 5.16 Å². The van der Waals surface area contributed by atoms with Gasteiger partial charge in [-0.15, -0.1) is 12.4 Å². The second kappa shape index (κ2) is 9.27. The average molecular weight is 283 g/mol. The summed E-state index contributed by atoms with van der Waals surface area (Å²) in [6.45, 7) is 4.79. The van der Waals surface area contributed by atoms with E-state index in [9.17, 15) is 0 Å². The largest absolute Gasteiger partial charge is 1.00 e. The summed E-state index contributed by atoms with van der Waals surface area (Å²) in [6, 6.07) is 0. The molecule has 17 heavy (non-hydrogen) atoms. The monoisotopic (exact) mass is 282 g/mol. The maximum Gasteiger partial charge on any atom is 0.303 e. The number of hydrogen-bond acceptors (Lipinski definition) is 3. The van der Waals surface area contributed by atoms with Gasteiger partial charge < -0.3 is 22.5 Å². The molecule has 0 atom stereocenters. The molecule has 100 valence electrons. The van der Waals surface area contributed by atoms with Crippen LogP contribution in [-0.2, 0) is 13.1 Å². The Bertz CT molecular complexity index is 339. The number of oxime groups is 1. The highest BCUT2D eigenvalue weighted by atomic mass is 35.5. The number of nitrogens with zero attached hydrogens (tertiary/aromatic N) is 4. The van der Waals surface area contributed by atoms with Gasteiger partial charge in [-0.05, 0) is 21.0 Å². The summed E-state index contributed by atoms with van der Waals surface area (Å²) in [7, 11) is 4.08. The summed E-state index contributed by atoms with van der Waals surface area (Å²) < 4.78 is 4.11. The van der Waals surface area contributed by atoms with Gasteiger partial charge in [0, 0.05) is 6.54 Å². The van der Waals surface area contributed by atoms with Crippen LogP contribution in [0, 0.1) is 0 Å². The smallest absolute Gasteiger partial charge is 0.303 e. The van der Waals surface area contributed by atoms with Crippen LogP contribution < -0.4 is 17.0 Å². The fraction of sp³-hybridized carbons (Fsp3) is 0.600. The molecule has 0 radical (unpaired) electrons. The topological polar surface area (TPSA) is 44.6 Å². The van der Waals surface area contributed by atoms with Gasteiger partial charge in [-0.3, -0.25) is 0 Å². The van der Waals surface area contributed by atoms with E-state index in [0.29, 0.717) is 0 Å². The SMILES string of the molecule is CCn1cc[n+](CCN(C)C)c1/C=N/O.Cl.[Cl-]. The molecule has 0 aliphatic heterocycles. The Morgan fingerprint density at radius 2 is 2.18 bits per heavy atom. The van der Waals surface area contributed by atoms with Crippen molar-refractivity contribution in [3.8, 4) is 0 Å². The Kier molecular flexibility index (Phi) is 10.1. The first-order chi connectivity index (χ1) is 7.19. The van der Waals surface area contributed by atoms with Crippen molar-refractivity contribution in [1.29, 1.82) is 0 Å². The van der Waals surface area contributed by atoms with Gasteiger partial charge in [0.2, 0.25) is 0 Å². The van der Waals surface area contributed by atoms with Crippen molar-refractivity contribution < 1.29 is 22.2 Å². The van der Waals surface area contributed by atoms with Gasteiger partial charge in [0.05, 0.1) is 6.54 Å². The normalized spacial score (nSPS) is 10.4. The molecule has 0 bridgehead atoms. The van der Waals surface area contributed by atoms with E-state index in [4.69, 9.17) is 5.21 Å². The lowest BCUT2D eigenvalue weighted by atomic mass is 10.5. The summed E-state index contributed by atoms with van der Waals surface area (Å²) in [5.41, 5.74) is 0. The quantitative estimate of drug-likeness (QED) is 0.283. The van der Waals surface area contributed by atoms with Crippen LogP contribution in [0.25, 0.3) is 0 Å². The fourth-order valence-corrected chi connectivity index (χ4v) is 1.44. The molecule has 0 fully saturated rings. The minimum absolute atomic E-state index is 0. The van der Waals surface area contributed by atoms with Crippen molar-refractivity contribution in [2.45, 2.75) is 20.0 Å². The van der Waals surface area contributed by atoms with E-state index in [2.05, 4.69) is 21.5 Å². The van der Waals surface area contributed by atoms with Gasteiger partial charge in [0.25, 0.3) is 0 Å². The van der Waals surface area contributed by atoms with Crippen molar-refractivity contribution in [1.82, 2.24) is 9.47 Å². The molecule has 0 aliphatic rings. The van der Waals surface area contributed by atoms with E-state index in [1.807, 2.05) is 31.1 Å². The Labute approximate surface area is 115 Å². The predicted octanol–water partition coefficient (Wildman–Crippen LogP) is -2.41. The maximum atomic E-state index is 8.59. The molecule has 0 spiro atoms. The summed E-state index contributed by atoms with van der Waals surface area (Å²) >= 11 is 0. The van der Waals surface area contributed by atoms with E-state index in [-0.39, 0.29) is 24.8 Å². The molecular formula is C10H20Cl2N4O. The number of halogens is 2. The third kappa shape index (κ3) is 5.39. The number of hydrogen-bond donors (Lipinski definition) is 1. The third-order valence-corrected chi connectivity index (χ3v) is 2.32. The molecule has 5 nitrogen and oxygen atoms in total. The first-order valence-electron chi connectivity index (χ1n) is 5.09. The predicted molar refractivity (Wildman–Crippen MR) is 65.5 cm³/mol. The number of imidazole rings is 1. The van der Waals surface area contributed by atoms with Crippen molar-refractivity contribution >= 4 is 18.6 Å². The molecule has 0 aromatic carbocycles. The van der Waals surface area contributed by atoms with Crippen LogP contribution in [0.15, 0.2) is 17.5 Å². The summed E-state index contributed by atoms with van der Waals surface area (Å²) in [6.07, 6.45) is 5.47. The molecule has 0 amide bonds. The lowest BCUT2D eigenvalue weighted by molar-refractivity contribution is -0.696. The first kappa shape index (κ1) is 18.6. The molecule has 1 N–H and O–H groups in total. The van der Waals surface area contributed by atoms with Crippen LogP contribution in [-0.4, -0.2) is 41.5 Å². The zero-order chi connectivity index (χ0) is 11.3. The van der Waals surface area contributed by atoms with E-state index in [0.717, 1.165) is 25.5 Å². The molecule has 1 aromatic heterocycles. The molecule has 0 unspecified atom stereocenters. The van der Waals surface area contributed by atoms with Crippen LogP contribution in [0.3, 0.4) is 0 Å². The molecule has 0 saturated carbocycles. The van der Waals surface area contributed by atoms with Gasteiger partial charge in [0.1, 0.15) is 18.9 Å². The van der Waals surface area contributed by atoms with E-state index in [1.54, 1.807) is 0 Å². The molecule has 0 aliphatic carbocycles. The minimum atomic E-state index is 0. The Morgan fingerprint density at radius 1 is 1.53 bits per heavy atom.